The highest BCUT2D eigenvalue weighted by molar-refractivity contribution is 5.40. The Morgan fingerprint density at radius 3 is 2.94 bits per heavy atom. The lowest BCUT2D eigenvalue weighted by Gasteiger charge is -2.26. The van der Waals surface area contributed by atoms with Gasteiger partial charge in [-0.15, -0.1) is 0 Å². The number of rotatable bonds is 6. The average Bonchev–Trinajstić information content (AvgIpc) is 2.42. The first-order valence-corrected chi connectivity index (χ1v) is 6.36. The number of para-hydroxylation sites is 2. The van der Waals surface area contributed by atoms with Gasteiger partial charge in [0.25, 0.3) is 0 Å². The number of ether oxygens (including phenoxy) is 2. The summed E-state index contributed by atoms with van der Waals surface area (Å²) >= 11 is 0. The summed E-state index contributed by atoms with van der Waals surface area (Å²) < 4.78 is 11.4. The van der Waals surface area contributed by atoms with E-state index < -0.39 is 0 Å². The third-order valence-corrected chi connectivity index (χ3v) is 2.83. The second-order valence-electron chi connectivity index (χ2n) is 4.32. The topological polar surface area (TPSA) is 54.3 Å². The minimum absolute atomic E-state index is 0.0656. The lowest BCUT2D eigenvalue weighted by molar-refractivity contribution is 0.0905. The minimum atomic E-state index is 0.0656. The lowest BCUT2D eigenvalue weighted by atomic mass is 10.2. The highest BCUT2D eigenvalue weighted by atomic mass is 16.6. The SMILES string of the molecule is N#CCCCCNCC1COc2ccccc2O1. The number of benzene rings is 1. The fourth-order valence-electron chi connectivity index (χ4n) is 1.88. The highest BCUT2D eigenvalue weighted by Crippen LogP contribution is 2.30. The predicted molar refractivity (Wildman–Crippen MR) is 68.7 cm³/mol. The van der Waals surface area contributed by atoms with Gasteiger partial charge in [-0.05, 0) is 31.5 Å². The number of hydrogen-bond donors (Lipinski definition) is 1. The van der Waals surface area contributed by atoms with Crippen molar-refractivity contribution in [2.75, 3.05) is 19.7 Å². The Bertz CT molecular complexity index is 415. The summed E-state index contributed by atoms with van der Waals surface area (Å²) in [7, 11) is 0. The van der Waals surface area contributed by atoms with E-state index in [2.05, 4.69) is 11.4 Å². The number of nitriles is 1. The molecule has 0 amide bonds. The molecule has 0 saturated heterocycles. The summed E-state index contributed by atoms with van der Waals surface area (Å²) in [5.41, 5.74) is 0. The highest BCUT2D eigenvalue weighted by Gasteiger charge is 2.19. The van der Waals surface area contributed by atoms with E-state index in [9.17, 15) is 0 Å². The van der Waals surface area contributed by atoms with Gasteiger partial charge in [-0.25, -0.2) is 0 Å². The zero-order chi connectivity index (χ0) is 12.6. The molecule has 1 aliphatic rings. The Labute approximate surface area is 108 Å². The molecule has 1 heterocycles. The molecule has 2 rings (SSSR count). The van der Waals surface area contributed by atoms with Crippen LogP contribution in [0.2, 0.25) is 0 Å². The molecule has 1 atom stereocenters. The van der Waals surface area contributed by atoms with Crippen molar-refractivity contribution in [2.45, 2.75) is 25.4 Å². The Hall–Kier alpha value is -1.73. The van der Waals surface area contributed by atoms with Crippen LogP contribution in [0.5, 0.6) is 11.5 Å². The Kier molecular flexibility index (Phi) is 4.86. The van der Waals surface area contributed by atoms with E-state index in [0.29, 0.717) is 13.0 Å². The zero-order valence-electron chi connectivity index (χ0n) is 10.4. The molecule has 0 bridgehead atoms. The molecule has 0 aliphatic carbocycles. The van der Waals surface area contributed by atoms with Crippen LogP contribution < -0.4 is 14.8 Å². The van der Waals surface area contributed by atoms with Gasteiger partial charge in [0.15, 0.2) is 11.5 Å². The molecule has 4 heteroatoms. The molecule has 96 valence electrons. The van der Waals surface area contributed by atoms with E-state index in [1.807, 2.05) is 24.3 Å². The number of fused-ring (bicyclic) bond motifs is 1. The number of unbranched alkanes of at least 4 members (excludes halogenated alkanes) is 2. The molecule has 4 nitrogen and oxygen atoms in total. The molecule has 0 spiro atoms. The third kappa shape index (κ3) is 3.64. The minimum Gasteiger partial charge on any atom is -0.486 e. The van der Waals surface area contributed by atoms with Crippen LogP contribution in [0.1, 0.15) is 19.3 Å². The molecule has 0 aromatic heterocycles. The summed E-state index contributed by atoms with van der Waals surface area (Å²) in [6.07, 6.45) is 2.68. The van der Waals surface area contributed by atoms with Crippen molar-refractivity contribution in [1.82, 2.24) is 5.32 Å². The lowest BCUT2D eigenvalue weighted by Crippen LogP contribution is -2.38. The van der Waals surface area contributed by atoms with Crippen LogP contribution in [0.15, 0.2) is 24.3 Å². The molecule has 1 aromatic rings. The van der Waals surface area contributed by atoms with Crippen molar-refractivity contribution in [3.63, 3.8) is 0 Å². The molecule has 1 N–H and O–H groups in total. The molecular weight excluding hydrogens is 228 g/mol. The summed E-state index contributed by atoms with van der Waals surface area (Å²) in [6, 6.07) is 9.87. The average molecular weight is 246 g/mol. The maximum absolute atomic E-state index is 8.41. The molecule has 0 fully saturated rings. The van der Waals surface area contributed by atoms with Crippen LogP contribution in [-0.4, -0.2) is 25.8 Å². The maximum atomic E-state index is 8.41. The first-order valence-electron chi connectivity index (χ1n) is 6.36. The van der Waals surface area contributed by atoms with E-state index in [1.54, 1.807) is 0 Å². The zero-order valence-corrected chi connectivity index (χ0v) is 10.4. The van der Waals surface area contributed by atoms with Crippen LogP contribution in [-0.2, 0) is 0 Å². The van der Waals surface area contributed by atoms with Gasteiger partial charge in [-0.1, -0.05) is 12.1 Å². The fraction of sp³-hybridized carbons (Fsp3) is 0.500. The quantitative estimate of drug-likeness (QED) is 0.781. The van der Waals surface area contributed by atoms with Crippen molar-refractivity contribution in [3.8, 4) is 17.6 Å². The van der Waals surface area contributed by atoms with Gasteiger partial charge in [0.05, 0.1) is 6.07 Å². The Morgan fingerprint density at radius 2 is 2.11 bits per heavy atom. The Morgan fingerprint density at radius 1 is 1.28 bits per heavy atom. The summed E-state index contributed by atoms with van der Waals surface area (Å²) in [4.78, 5) is 0. The van der Waals surface area contributed by atoms with Crippen LogP contribution in [0.25, 0.3) is 0 Å². The number of nitrogens with zero attached hydrogens (tertiary/aromatic N) is 1. The van der Waals surface area contributed by atoms with Crippen molar-refractivity contribution in [1.29, 1.82) is 5.26 Å². The number of nitrogens with one attached hydrogen (secondary N) is 1. The van der Waals surface area contributed by atoms with Gasteiger partial charge >= 0.3 is 0 Å². The normalized spacial score (nSPS) is 17.2. The molecule has 0 saturated carbocycles. The third-order valence-electron chi connectivity index (χ3n) is 2.83. The second-order valence-corrected chi connectivity index (χ2v) is 4.32. The summed E-state index contributed by atoms with van der Waals surface area (Å²) in [5.74, 6) is 1.64. The predicted octanol–water partition coefficient (Wildman–Crippen LogP) is 2.11. The van der Waals surface area contributed by atoms with Gasteiger partial charge in [0, 0.05) is 13.0 Å². The monoisotopic (exact) mass is 246 g/mol. The fourth-order valence-corrected chi connectivity index (χ4v) is 1.88. The molecule has 1 unspecified atom stereocenters. The largest absolute Gasteiger partial charge is 0.486 e. The maximum Gasteiger partial charge on any atom is 0.161 e. The van der Waals surface area contributed by atoms with Gasteiger partial charge in [0.2, 0.25) is 0 Å². The van der Waals surface area contributed by atoms with E-state index in [4.69, 9.17) is 14.7 Å². The molecule has 1 aliphatic heterocycles. The van der Waals surface area contributed by atoms with Gasteiger partial charge in [0.1, 0.15) is 12.7 Å². The van der Waals surface area contributed by atoms with Crippen molar-refractivity contribution < 1.29 is 9.47 Å². The molecule has 18 heavy (non-hydrogen) atoms. The van der Waals surface area contributed by atoms with Crippen LogP contribution in [0.3, 0.4) is 0 Å². The van der Waals surface area contributed by atoms with E-state index in [-0.39, 0.29) is 6.10 Å². The summed E-state index contributed by atoms with van der Waals surface area (Å²) in [6.45, 7) is 2.28. The van der Waals surface area contributed by atoms with Gasteiger partial charge in [-0.3, -0.25) is 0 Å². The molecule has 0 radical (unpaired) electrons. The van der Waals surface area contributed by atoms with E-state index >= 15 is 0 Å². The van der Waals surface area contributed by atoms with Crippen LogP contribution in [0, 0.1) is 11.3 Å². The second kappa shape index (κ2) is 6.87. The van der Waals surface area contributed by atoms with Gasteiger partial charge in [-0.2, -0.15) is 5.26 Å². The van der Waals surface area contributed by atoms with Crippen molar-refractivity contribution >= 4 is 0 Å². The van der Waals surface area contributed by atoms with E-state index in [1.165, 1.54) is 0 Å². The van der Waals surface area contributed by atoms with Crippen LogP contribution in [0.4, 0.5) is 0 Å². The van der Waals surface area contributed by atoms with Gasteiger partial charge < -0.3 is 14.8 Å². The van der Waals surface area contributed by atoms with Crippen molar-refractivity contribution in [2.24, 2.45) is 0 Å². The first kappa shape index (κ1) is 12.7. The molecular formula is C14H18N2O2. The van der Waals surface area contributed by atoms with Crippen LogP contribution >= 0.6 is 0 Å². The summed E-state index contributed by atoms with van der Waals surface area (Å²) in [5, 5.41) is 11.7. The Balaban J connectivity index is 1.66. The van der Waals surface area contributed by atoms with Crippen molar-refractivity contribution in [3.05, 3.63) is 24.3 Å². The standard InChI is InChI=1S/C14H18N2O2/c15-8-4-1-5-9-16-10-12-11-17-13-6-2-3-7-14(13)18-12/h2-3,6-7,12,16H,1,4-5,9-11H2. The number of hydrogen-bond acceptors (Lipinski definition) is 4. The molecule has 1 aromatic carbocycles. The van der Waals surface area contributed by atoms with E-state index in [0.717, 1.165) is 37.4 Å². The first-order chi connectivity index (χ1) is 8.90. The smallest absolute Gasteiger partial charge is 0.161 e.